The summed E-state index contributed by atoms with van der Waals surface area (Å²) in [4.78, 5) is 2.84. The Labute approximate surface area is 245 Å². The molecule has 0 aliphatic carbocycles. The molecule has 0 radical (unpaired) electrons. The van der Waals surface area contributed by atoms with Crippen LogP contribution in [-0.4, -0.2) is 0 Å². The van der Waals surface area contributed by atoms with Crippen molar-refractivity contribution in [3.63, 3.8) is 0 Å². The Morgan fingerprint density at radius 2 is 1.57 bits per heavy atom. The summed E-state index contributed by atoms with van der Waals surface area (Å²) >= 11 is 2.01. The fourth-order valence-corrected chi connectivity index (χ4v) is 8.03. The van der Waals surface area contributed by atoms with Crippen LogP contribution in [0.25, 0.3) is 43.6 Å². The van der Waals surface area contributed by atoms with E-state index in [0.717, 1.165) is 12.8 Å². The van der Waals surface area contributed by atoms with Crippen molar-refractivity contribution in [2.45, 2.75) is 90.4 Å². The first-order chi connectivity index (χ1) is 18.7. The van der Waals surface area contributed by atoms with Crippen molar-refractivity contribution in [1.29, 1.82) is 0 Å². The molecule has 0 saturated heterocycles. The van der Waals surface area contributed by atoms with Gasteiger partial charge in [-0.15, -0.1) is 0 Å². The van der Waals surface area contributed by atoms with E-state index in [1.165, 1.54) is 75.6 Å². The summed E-state index contributed by atoms with van der Waals surface area (Å²) < 4.78 is 2.38. The minimum absolute atomic E-state index is 0.116. The monoisotopic (exact) mass is 546 g/mol. The van der Waals surface area contributed by atoms with Crippen molar-refractivity contribution in [2.75, 3.05) is 0 Å². The van der Waals surface area contributed by atoms with Crippen LogP contribution in [0.5, 0.6) is 0 Å². The number of hydrogen-bond donors (Lipinski definition) is 0. The van der Waals surface area contributed by atoms with Crippen LogP contribution in [-0.2, 0) is 25.3 Å². The molecule has 0 atom stereocenters. The summed E-state index contributed by atoms with van der Waals surface area (Å²) in [5.74, 6) is 0.643. The van der Waals surface area contributed by atoms with E-state index in [1.807, 2.05) is 11.8 Å². The van der Waals surface area contributed by atoms with E-state index >= 15 is 0 Å². The second-order valence-corrected chi connectivity index (χ2v) is 15.8. The first kappa shape index (κ1) is 27.3. The van der Waals surface area contributed by atoms with Crippen molar-refractivity contribution in [1.82, 2.24) is 0 Å². The van der Waals surface area contributed by atoms with Gasteiger partial charge in [-0.05, 0) is 92.4 Å². The molecule has 0 unspecified atom stereocenters. The summed E-state index contributed by atoms with van der Waals surface area (Å²) in [7, 11) is 2.23. The Hall–Kier alpha value is -2.84. The number of aromatic nitrogens is 1. The molecule has 0 bridgehead atoms. The maximum atomic E-state index is 2.49. The van der Waals surface area contributed by atoms with Gasteiger partial charge in [0.25, 0.3) is 0 Å². The molecular weight excluding hydrogens is 502 g/mol. The van der Waals surface area contributed by atoms with Crippen molar-refractivity contribution >= 4 is 44.1 Å². The molecule has 40 heavy (non-hydrogen) atoms. The molecule has 0 amide bonds. The van der Waals surface area contributed by atoms with Crippen molar-refractivity contribution in [3.05, 3.63) is 77.0 Å². The molecular formula is C38H44NS+. The van der Waals surface area contributed by atoms with E-state index in [0.29, 0.717) is 5.92 Å². The number of pyridine rings is 1. The minimum Gasteiger partial charge on any atom is -0.200 e. The van der Waals surface area contributed by atoms with Gasteiger partial charge in [0.1, 0.15) is 7.05 Å². The van der Waals surface area contributed by atoms with Gasteiger partial charge in [0.2, 0.25) is 5.69 Å². The zero-order chi connectivity index (χ0) is 28.7. The van der Waals surface area contributed by atoms with Crippen LogP contribution in [0.2, 0.25) is 0 Å². The summed E-state index contributed by atoms with van der Waals surface area (Å²) in [5.41, 5.74) is 8.87. The quantitative estimate of drug-likeness (QED) is 0.158. The van der Waals surface area contributed by atoms with E-state index in [9.17, 15) is 0 Å². The summed E-state index contributed by atoms with van der Waals surface area (Å²) in [6, 6.07) is 19.2. The largest absolute Gasteiger partial charge is 0.222 e. The molecule has 0 N–H and O–H groups in total. The molecule has 1 nitrogen and oxygen atoms in total. The van der Waals surface area contributed by atoms with Gasteiger partial charge in [-0.2, -0.15) is 0 Å². The molecule has 0 fully saturated rings. The standard InChI is InChI=1S/C38H44NS/c1-22(2)17-24-11-14-27-29(18-24)23(3)33-35-34-28(15-16-39(35)10)30-20-26(38(7,8)9)13-12-25(30)19-32(34)40-36(33)31(27)21-37(4,5)6/h11-16,18-20,22H,17,21H2,1-10H3/q+1. The third kappa shape index (κ3) is 4.53. The predicted octanol–water partition coefficient (Wildman–Crippen LogP) is 10.5. The lowest BCUT2D eigenvalue weighted by Crippen LogP contribution is -2.32. The summed E-state index contributed by atoms with van der Waals surface area (Å²) in [6.07, 6.45) is 4.46. The van der Waals surface area contributed by atoms with Crippen LogP contribution >= 0.6 is 11.8 Å². The molecule has 6 rings (SSSR count). The van der Waals surface area contributed by atoms with Gasteiger partial charge in [-0.25, -0.2) is 4.57 Å². The number of benzene rings is 4. The molecule has 0 spiro atoms. The fourth-order valence-electron chi connectivity index (χ4n) is 6.65. The Kier molecular flexibility index (Phi) is 6.39. The van der Waals surface area contributed by atoms with E-state index in [2.05, 4.69) is 129 Å². The highest BCUT2D eigenvalue weighted by Gasteiger charge is 2.33. The summed E-state index contributed by atoms with van der Waals surface area (Å²) in [5, 5.41) is 8.33. The zero-order valence-electron chi connectivity index (χ0n) is 26.0. The molecule has 1 aromatic heterocycles. The van der Waals surface area contributed by atoms with Crippen LogP contribution in [0.4, 0.5) is 0 Å². The van der Waals surface area contributed by atoms with Crippen LogP contribution < -0.4 is 4.57 Å². The van der Waals surface area contributed by atoms with Crippen LogP contribution in [0, 0.1) is 18.3 Å². The molecule has 4 aromatic carbocycles. The van der Waals surface area contributed by atoms with E-state index in [1.54, 1.807) is 0 Å². The Balaban J connectivity index is 1.74. The van der Waals surface area contributed by atoms with E-state index in [-0.39, 0.29) is 10.8 Å². The third-order valence-electron chi connectivity index (χ3n) is 8.56. The maximum Gasteiger partial charge on any atom is 0.222 e. The topological polar surface area (TPSA) is 3.88 Å². The zero-order valence-corrected chi connectivity index (χ0v) is 26.9. The van der Waals surface area contributed by atoms with Crippen LogP contribution in [0.1, 0.15) is 77.6 Å². The molecule has 0 saturated carbocycles. The highest BCUT2D eigenvalue weighted by atomic mass is 32.2. The van der Waals surface area contributed by atoms with Crippen LogP contribution in [0.3, 0.4) is 0 Å². The molecule has 2 heteroatoms. The Bertz CT molecular complexity index is 1830. The van der Waals surface area contributed by atoms with Crippen molar-refractivity contribution in [3.8, 4) is 11.3 Å². The second-order valence-electron chi connectivity index (χ2n) is 14.7. The lowest BCUT2D eigenvalue weighted by atomic mass is 9.82. The lowest BCUT2D eigenvalue weighted by Gasteiger charge is -2.28. The third-order valence-corrected chi connectivity index (χ3v) is 9.75. The number of aryl methyl sites for hydroxylation is 2. The first-order valence-corrected chi connectivity index (χ1v) is 15.7. The lowest BCUT2D eigenvalue weighted by molar-refractivity contribution is -0.659. The average molecular weight is 547 g/mol. The molecule has 5 aromatic rings. The SMILES string of the molecule is Cc1c2c(c(CC(C)(C)C)c3ccc(CC(C)C)cc13)Sc1cc3ccc(C(C)(C)C)cc3c3cc[n+](C)c-2c13. The predicted molar refractivity (Wildman–Crippen MR) is 175 cm³/mol. The van der Waals surface area contributed by atoms with E-state index in [4.69, 9.17) is 0 Å². The fraction of sp³-hybridized carbons (Fsp3) is 0.395. The maximum absolute atomic E-state index is 2.49. The molecule has 206 valence electrons. The number of fused-ring (bicyclic) bond motifs is 5. The van der Waals surface area contributed by atoms with Gasteiger partial charge in [0, 0.05) is 21.2 Å². The molecule has 1 aliphatic rings. The van der Waals surface area contributed by atoms with Crippen LogP contribution in [0.15, 0.2) is 64.5 Å². The smallest absolute Gasteiger partial charge is 0.200 e. The van der Waals surface area contributed by atoms with Gasteiger partial charge in [-0.3, -0.25) is 0 Å². The minimum atomic E-state index is 0.116. The first-order valence-electron chi connectivity index (χ1n) is 14.9. The Morgan fingerprint density at radius 1 is 0.825 bits per heavy atom. The number of rotatable bonds is 3. The van der Waals surface area contributed by atoms with Crippen molar-refractivity contribution in [2.24, 2.45) is 18.4 Å². The number of hydrogen-bond acceptors (Lipinski definition) is 1. The van der Waals surface area contributed by atoms with Gasteiger partial charge in [-0.1, -0.05) is 97.5 Å². The van der Waals surface area contributed by atoms with E-state index < -0.39 is 0 Å². The average Bonchev–Trinajstić information content (AvgIpc) is 2.85. The summed E-state index contributed by atoms with van der Waals surface area (Å²) in [6.45, 7) is 21.1. The molecule has 2 heterocycles. The van der Waals surface area contributed by atoms with Gasteiger partial charge in [0.05, 0.1) is 10.9 Å². The second kappa shape index (κ2) is 9.35. The Morgan fingerprint density at radius 3 is 2.25 bits per heavy atom. The van der Waals surface area contributed by atoms with Gasteiger partial charge >= 0.3 is 0 Å². The highest BCUT2D eigenvalue weighted by molar-refractivity contribution is 8.00. The highest BCUT2D eigenvalue weighted by Crippen LogP contribution is 2.53. The normalized spacial score (nSPS) is 13.6. The van der Waals surface area contributed by atoms with Crippen molar-refractivity contribution < 1.29 is 4.57 Å². The molecule has 1 aliphatic heterocycles. The number of nitrogens with zero attached hydrogens (tertiary/aromatic N) is 1. The van der Waals surface area contributed by atoms with Gasteiger partial charge < -0.3 is 0 Å². The van der Waals surface area contributed by atoms with Gasteiger partial charge in [0.15, 0.2) is 6.20 Å².